The van der Waals surface area contributed by atoms with Crippen LogP contribution in [0.1, 0.15) is 329 Å². The van der Waals surface area contributed by atoms with Crippen LogP contribution in [0.15, 0.2) is 0 Å². The molecule has 340 valence electrons. The molecule has 0 amide bonds. The molecule has 1 unspecified atom stereocenters. The molecular formula is C54H106O3. The third-order valence-electron chi connectivity index (χ3n) is 13.4. The van der Waals surface area contributed by atoms with E-state index in [4.69, 9.17) is 0 Å². The van der Waals surface area contributed by atoms with Gasteiger partial charge in [0.25, 0.3) is 0 Å². The molecule has 0 aromatic rings. The van der Waals surface area contributed by atoms with Gasteiger partial charge in [0.1, 0.15) is 5.78 Å². The van der Waals surface area contributed by atoms with Crippen LogP contribution in [-0.2, 0) is 9.59 Å². The zero-order valence-electron chi connectivity index (χ0n) is 39.7. The Bertz CT molecular complexity index is 807. The van der Waals surface area contributed by atoms with E-state index >= 15 is 0 Å². The van der Waals surface area contributed by atoms with Gasteiger partial charge in [0, 0.05) is 12.8 Å². The highest BCUT2D eigenvalue weighted by atomic mass is 16.4. The van der Waals surface area contributed by atoms with Gasteiger partial charge in [-0.1, -0.05) is 284 Å². The lowest BCUT2D eigenvalue weighted by Crippen LogP contribution is -2.31. The Hall–Kier alpha value is -0.860. The summed E-state index contributed by atoms with van der Waals surface area (Å²) in [5.41, 5.74) is -0.477. The molecule has 1 N–H and O–H groups in total. The maximum absolute atomic E-state index is 12.7. The second-order valence-electron chi connectivity index (χ2n) is 19.0. The molecule has 0 spiro atoms. The van der Waals surface area contributed by atoms with Crippen LogP contribution in [0.25, 0.3) is 0 Å². The Morgan fingerprint density at radius 2 is 0.456 bits per heavy atom. The number of Topliss-reactive ketones (excluding diaryl/α,β-unsaturated/α-hetero) is 1. The van der Waals surface area contributed by atoms with Crippen molar-refractivity contribution in [1.82, 2.24) is 0 Å². The average Bonchev–Trinajstić information content (AvgIpc) is 3.21. The fraction of sp³-hybridized carbons (Fsp3) is 0.963. The summed E-state index contributed by atoms with van der Waals surface area (Å²) < 4.78 is 0. The summed E-state index contributed by atoms with van der Waals surface area (Å²) in [5.74, 6) is 0.00509. The van der Waals surface area contributed by atoms with Gasteiger partial charge in [-0.2, -0.15) is 0 Å². The van der Waals surface area contributed by atoms with Crippen molar-refractivity contribution in [2.24, 2.45) is 5.41 Å². The number of carboxylic acids is 1. The second-order valence-corrected chi connectivity index (χ2v) is 19.0. The minimum atomic E-state index is -0.505. The van der Waals surface area contributed by atoms with Crippen molar-refractivity contribution in [1.29, 1.82) is 0 Å². The Kier molecular flexibility index (Phi) is 45.5. The Balaban J connectivity index is 3.76. The van der Waals surface area contributed by atoms with Gasteiger partial charge in [0.15, 0.2) is 0 Å². The SMILES string of the molecule is CCCCCCCCCCCCCCCCCC(=O)CCCCCCCCCCCCCCCCC(CCCCCCCC)(CCCCCCCCCC)C(=O)O. The molecule has 1 atom stereocenters. The molecule has 3 nitrogen and oxygen atoms in total. The molecule has 0 bridgehead atoms. The second kappa shape index (κ2) is 46.2. The lowest BCUT2D eigenvalue weighted by molar-refractivity contribution is -0.150. The zero-order chi connectivity index (χ0) is 41.6. The van der Waals surface area contributed by atoms with Gasteiger partial charge in [0.05, 0.1) is 5.41 Å². The van der Waals surface area contributed by atoms with Crippen molar-refractivity contribution in [3.8, 4) is 0 Å². The molecule has 0 aromatic carbocycles. The van der Waals surface area contributed by atoms with Crippen LogP contribution in [-0.4, -0.2) is 16.9 Å². The average molecular weight is 803 g/mol. The lowest BCUT2D eigenvalue weighted by Gasteiger charge is -2.30. The number of unbranched alkanes of at least 4 members (excludes halogenated alkanes) is 39. The molecule has 0 aliphatic heterocycles. The molecule has 0 aromatic heterocycles. The number of hydrogen-bond acceptors (Lipinski definition) is 2. The number of rotatable bonds is 50. The predicted octanol–water partition coefficient (Wildman–Crippen LogP) is 19.4. The first-order valence-corrected chi connectivity index (χ1v) is 26.8. The van der Waals surface area contributed by atoms with Crippen LogP contribution in [0.3, 0.4) is 0 Å². The minimum absolute atomic E-state index is 0.477. The molecule has 57 heavy (non-hydrogen) atoms. The van der Waals surface area contributed by atoms with E-state index in [1.54, 1.807) is 0 Å². The summed E-state index contributed by atoms with van der Waals surface area (Å²) in [6.45, 7) is 6.83. The van der Waals surface area contributed by atoms with Crippen molar-refractivity contribution < 1.29 is 14.7 Å². The molecule has 0 saturated carbocycles. The monoisotopic (exact) mass is 803 g/mol. The van der Waals surface area contributed by atoms with Crippen molar-refractivity contribution in [3.63, 3.8) is 0 Å². The maximum Gasteiger partial charge on any atom is 0.309 e. The molecule has 3 heteroatoms. The number of carbonyl (C=O) groups is 2. The smallest absolute Gasteiger partial charge is 0.309 e. The fourth-order valence-corrected chi connectivity index (χ4v) is 9.26. The highest BCUT2D eigenvalue weighted by molar-refractivity contribution is 5.78. The zero-order valence-corrected chi connectivity index (χ0v) is 39.7. The van der Waals surface area contributed by atoms with E-state index in [1.807, 2.05) is 0 Å². The predicted molar refractivity (Wildman–Crippen MR) is 254 cm³/mol. The van der Waals surface area contributed by atoms with Crippen LogP contribution >= 0.6 is 0 Å². The van der Waals surface area contributed by atoms with E-state index < -0.39 is 11.4 Å². The Morgan fingerprint density at radius 3 is 0.649 bits per heavy atom. The molecular weight excluding hydrogens is 697 g/mol. The first kappa shape index (κ1) is 56.1. The number of ketones is 1. The quantitative estimate of drug-likeness (QED) is 0.0623. The maximum atomic E-state index is 12.7. The largest absolute Gasteiger partial charge is 0.481 e. The third kappa shape index (κ3) is 40.3. The molecule has 0 heterocycles. The first-order chi connectivity index (χ1) is 28.0. The van der Waals surface area contributed by atoms with Crippen molar-refractivity contribution >= 4 is 11.8 Å². The first-order valence-electron chi connectivity index (χ1n) is 26.8. The molecule has 0 fully saturated rings. The van der Waals surface area contributed by atoms with Crippen molar-refractivity contribution in [2.45, 2.75) is 329 Å². The van der Waals surface area contributed by atoms with Crippen LogP contribution < -0.4 is 0 Å². The summed E-state index contributed by atoms with van der Waals surface area (Å²) in [4.78, 5) is 25.0. The highest BCUT2D eigenvalue weighted by Crippen LogP contribution is 2.38. The molecule has 0 radical (unpaired) electrons. The number of carbonyl (C=O) groups excluding carboxylic acids is 1. The molecule has 0 rings (SSSR count). The summed E-state index contributed by atoms with van der Waals surface area (Å²) in [7, 11) is 0. The van der Waals surface area contributed by atoms with E-state index in [0.29, 0.717) is 5.78 Å². The van der Waals surface area contributed by atoms with Crippen LogP contribution in [0.5, 0.6) is 0 Å². The van der Waals surface area contributed by atoms with E-state index in [2.05, 4.69) is 20.8 Å². The van der Waals surface area contributed by atoms with Crippen molar-refractivity contribution in [3.05, 3.63) is 0 Å². The Labute approximate surface area is 359 Å². The van der Waals surface area contributed by atoms with Gasteiger partial charge in [-0.3, -0.25) is 9.59 Å². The van der Waals surface area contributed by atoms with E-state index in [1.165, 1.54) is 244 Å². The van der Waals surface area contributed by atoms with Crippen LogP contribution in [0, 0.1) is 5.41 Å². The molecule has 0 aliphatic rings. The Morgan fingerprint density at radius 1 is 0.281 bits per heavy atom. The van der Waals surface area contributed by atoms with Crippen LogP contribution in [0.2, 0.25) is 0 Å². The molecule has 0 saturated heterocycles. The van der Waals surface area contributed by atoms with Gasteiger partial charge in [-0.15, -0.1) is 0 Å². The summed E-state index contributed by atoms with van der Waals surface area (Å²) in [5, 5.41) is 10.5. The third-order valence-corrected chi connectivity index (χ3v) is 13.4. The fourth-order valence-electron chi connectivity index (χ4n) is 9.26. The van der Waals surface area contributed by atoms with Gasteiger partial charge >= 0.3 is 5.97 Å². The van der Waals surface area contributed by atoms with Gasteiger partial charge in [-0.25, -0.2) is 0 Å². The molecule has 0 aliphatic carbocycles. The van der Waals surface area contributed by atoms with E-state index in [9.17, 15) is 14.7 Å². The number of aliphatic carboxylic acids is 1. The topological polar surface area (TPSA) is 54.4 Å². The van der Waals surface area contributed by atoms with E-state index in [-0.39, 0.29) is 0 Å². The minimum Gasteiger partial charge on any atom is -0.481 e. The van der Waals surface area contributed by atoms with Crippen molar-refractivity contribution in [2.75, 3.05) is 0 Å². The van der Waals surface area contributed by atoms with Gasteiger partial charge < -0.3 is 5.11 Å². The van der Waals surface area contributed by atoms with E-state index in [0.717, 1.165) is 64.2 Å². The summed E-state index contributed by atoms with van der Waals surface area (Å²) >= 11 is 0. The summed E-state index contributed by atoms with van der Waals surface area (Å²) in [6, 6.07) is 0. The number of hydrogen-bond donors (Lipinski definition) is 1. The lowest BCUT2D eigenvalue weighted by atomic mass is 9.74. The number of carboxylic acid groups (broad SMARTS) is 1. The summed E-state index contributed by atoms with van der Waals surface area (Å²) in [6.07, 6.45) is 60.7. The van der Waals surface area contributed by atoms with Gasteiger partial charge in [0.2, 0.25) is 0 Å². The van der Waals surface area contributed by atoms with Gasteiger partial charge in [-0.05, 0) is 32.1 Å². The highest BCUT2D eigenvalue weighted by Gasteiger charge is 2.36. The standard InChI is InChI=1S/C54H106O3/c1-4-7-10-13-16-18-19-20-21-24-27-30-33-37-42-47-52(55)48-43-38-34-31-28-25-22-23-26-29-32-36-41-46-51-54(53(56)57,49-44-39-15-12-9-6-3)50-45-40-35-17-14-11-8-5-2/h4-51H2,1-3H3,(H,56,57). The van der Waals surface area contributed by atoms with Crippen LogP contribution in [0.4, 0.5) is 0 Å². The normalized spacial score (nSPS) is 12.7.